The number of nitrogens with two attached hydrogens (primary N) is 1. The molecule has 3 rings (SSSR count). The molecule has 0 bridgehead atoms. The lowest BCUT2D eigenvalue weighted by atomic mass is 10.1. The third-order valence-corrected chi connectivity index (χ3v) is 4.52. The van der Waals surface area contributed by atoms with Gasteiger partial charge >= 0.3 is 0 Å². The summed E-state index contributed by atoms with van der Waals surface area (Å²) in [5.41, 5.74) is 8.03. The van der Waals surface area contributed by atoms with Crippen molar-refractivity contribution < 1.29 is 13.9 Å². The standard InChI is InChI=1S/C21H19BrFNO2/c22-19-11-10-18(25-13-15-4-2-1-3-5-15)12-21(19)26-14-20(24)16-6-8-17(23)9-7-16/h1-12,20H,13-14,24H2/t20-/m0/s1. The summed E-state index contributed by atoms with van der Waals surface area (Å²) in [6.07, 6.45) is 0. The Balaban J connectivity index is 1.61. The highest BCUT2D eigenvalue weighted by Gasteiger charge is 2.10. The Hall–Kier alpha value is -2.37. The number of hydrogen-bond donors (Lipinski definition) is 1. The van der Waals surface area contributed by atoms with Crippen molar-refractivity contribution >= 4 is 15.9 Å². The predicted octanol–water partition coefficient (Wildman–Crippen LogP) is 5.25. The van der Waals surface area contributed by atoms with Crippen LogP contribution < -0.4 is 15.2 Å². The van der Waals surface area contributed by atoms with Crippen LogP contribution in [0.25, 0.3) is 0 Å². The van der Waals surface area contributed by atoms with Crippen LogP contribution in [0.3, 0.4) is 0 Å². The SMILES string of the molecule is N[C@@H](COc1cc(OCc2ccccc2)ccc1Br)c1ccc(F)cc1. The first-order chi connectivity index (χ1) is 12.6. The molecule has 3 aromatic rings. The van der Waals surface area contributed by atoms with Crippen molar-refractivity contribution in [1.29, 1.82) is 0 Å². The van der Waals surface area contributed by atoms with Crippen molar-refractivity contribution in [2.75, 3.05) is 6.61 Å². The van der Waals surface area contributed by atoms with E-state index in [0.29, 0.717) is 18.1 Å². The van der Waals surface area contributed by atoms with E-state index in [-0.39, 0.29) is 18.5 Å². The van der Waals surface area contributed by atoms with Crippen LogP contribution >= 0.6 is 15.9 Å². The number of halogens is 2. The van der Waals surface area contributed by atoms with Crippen LogP contribution in [0.1, 0.15) is 17.2 Å². The lowest BCUT2D eigenvalue weighted by molar-refractivity contribution is 0.280. The molecule has 0 unspecified atom stereocenters. The second-order valence-corrected chi connectivity index (χ2v) is 6.69. The van der Waals surface area contributed by atoms with E-state index in [0.717, 1.165) is 15.6 Å². The van der Waals surface area contributed by atoms with E-state index in [1.165, 1.54) is 12.1 Å². The number of benzene rings is 3. The molecule has 2 N–H and O–H groups in total. The molecule has 0 heterocycles. The van der Waals surface area contributed by atoms with Crippen LogP contribution in [0.4, 0.5) is 4.39 Å². The van der Waals surface area contributed by atoms with Crippen molar-refractivity contribution in [1.82, 2.24) is 0 Å². The summed E-state index contributed by atoms with van der Waals surface area (Å²) in [7, 11) is 0. The van der Waals surface area contributed by atoms with Gasteiger partial charge in [-0.3, -0.25) is 0 Å². The molecule has 3 nitrogen and oxygen atoms in total. The summed E-state index contributed by atoms with van der Waals surface area (Å²) >= 11 is 3.47. The summed E-state index contributed by atoms with van der Waals surface area (Å²) in [6, 6.07) is 21.3. The van der Waals surface area contributed by atoms with Gasteiger partial charge < -0.3 is 15.2 Å². The van der Waals surface area contributed by atoms with E-state index >= 15 is 0 Å². The first-order valence-electron chi connectivity index (χ1n) is 8.22. The Morgan fingerprint density at radius 2 is 1.65 bits per heavy atom. The third-order valence-electron chi connectivity index (χ3n) is 3.87. The molecule has 0 aliphatic heterocycles. The van der Waals surface area contributed by atoms with Gasteiger partial charge in [-0.15, -0.1) is 0 Å². The first kappa shape index (κ1) is 18.4. The smallest absolute Gasteiger partial charge is 0.137 e. The lowest BCUT2D eigenvalue weighted by Gasteiger charge is -2.15. The Labute approximate surface area is 160 Å². The number of rotatable bonds is 7. The molecule has 0 fully saturated rings. The van der Waals surface area contributed by atoms with Gasteiger partial charge in [-0.1, -0.05) is 42.5 Å². The molecule has 0 saturated heterocycles. The second kappa shape index (κ2) is 8.83. The molecule has 26 heavy (non-hydrogen) atoms. The summed E-state index contributed by atoms with van der Waals surface area (Å²) < 4.78 is 25.5. The zero-order chi connectivity index (χ0) is 18.4. The molecule has 0 amide bonds. The van der Waals surface area contributed by atoms with E-state index in [1.807, 2.05) is 48.5 Å². The van der Waals surface area contributed by atoms with E-state index in [4.69, 9.17) is 15.2 Å². The van der Waals surface area contributed by atoms with Crippen LogP contribution in [-0.4, -0.2) is 6.61 Å². The zero-order valence-corrected chi connectivity index (χ0v) is 15.7. The molecule has 0 spiro atoms. The summed E-state index contributed by atoms with van der Waals surface area (Å²) in [6.45, 7) is 0.753. The molecule has 1 atom stereocenters. The molecular formula is C21H19BrFNO2. The fraction of sp³-hybridized carbons (Fsp3) is 0.143. The normalized spacial score (nSPS) is 11.8. The van der Waals surface area contributed by atoms with Gasteiger partial charge in [-0.05, 0) is 51.3 Å². The molecule has 134 valence electrons. The highest BCUT2D eigenvalue weighted by Crippen LogP contribution is 2.30. The van der Waals surface area contributed by atoms with Gasteiger partial charge in [-0.25, -0.2) is 4.39 Å². The van der Waals surface area contributed by atoms with Crippen molar-refractivity contribution in [2.24, 2.45) is 5.73 Å². The fourth-order valence-corrected chi connectivity index (χ4v) is 2.77. The Morgan fingerprint density at radius 1 is 0.923 bits per heavy atom. The van der Waals surface area contributed by atoms with Crippen molar-refractivity contribution in [3.8, 4) is 11.5 Å². The molecular weight excluding hydrogens is 397 g/mol. The van der Waals surface area contributed by atoms with Gasteiger partial charge in [0.1, 0.15) is 30.5 Å². The quantitative estimate of drug-likeness (QED) is 0.573. The maximum absolute atomic E-state index is 13.0. The van der Waals surface area contributed by atoms with Gasteiger partial charge in [0.15, 0.2) is 0 Å². The summed E-state index contributed by atoms with van der Waals surface area (Å²) in [4.78, 5) is 0. The minimum Gasteiger partial charge on any atom is -0.490 e. The highest BCUT2D eigenvalue weighted by atomic mass is 79.9. The second-order valence-electron chi connectivity index (χ2n) is 5.84. The van der Waals surface area contributed by atoms with Crippen LogP contribution in [0.5, 0.6) is 11.5 Å². The molecule has 0 aliphatic rings. The van der Waals surface area contributed by atoms with Gasteiger partial charge in [0, 0.05) is 6.07 Å². The third kappa shape index (κ3) is 5.07. The van der Waals surface area contributed by atoms with E-state index in [2.05, 4.69) is 15.9 Å². The lowest BCUT2D eigenvalue weighted by Crippen LogP contribution is -2.19. The van der Waals surface area contributed by atoms with Gasteiger partial charge in [0.2, 0.25) is 0 Å². The topological polar surface area (TPSA) is 44.5 Å². The maximum Gasteiger partial charge on any atom is 0.137 e. The Morgan fingerprint density at radius 3 is 2.38 bits per heavy atom. The average molecular weight is 416 g/mol. The van der Waals surface area contributed by atoms with Gasteiger partial charge in [0.25, 0.3) is 0 Å². The van der Waals surface area contributed by atoms with Crippen LogP contribution in [0, 0.1) is 5.82 Å². The zero-order valence-electron chi connectivity index (χ0n) is 14.1. The maximum atomic E-state index is 13.0. The van der Waals surface area contributed by atoms with E-state index < -0.39 is 0 Å². The molecule has 0 saturated carbocycles. The highest BCUT2D eigenvalue weighted by molar-refractivity contribution is 9.10. The number of ether oxygens (including phenoxy) is 2. The average Bonchev–Trinajstić information content (AvgIpc) is 2.67. The first-order valence-corrected chi connectivity index (χ1v) is 9.01. The molecule has 0 radical (unpaired) electrons. The van der Waals surface area contributed by atoms with Crippen LogP contribution in [-0.2, 0) is 6.61 Å². The minimum absolute atomic E-state index is 0.270. The Kier molecular flexibility index (Phi) is 6.26. The van der Waals surface area contributed by atoms with Crippen LogP contribution in [0.15, 0.2) is 77.3 Å². The molecule has 5 heteroatoms. The molecule has 0 aliphatic carbocycles. The fourth-order valence-electron chi connectivity index (χ4n) is 2.41. The number of hydrogen-bond acceptors (Lipinski definition) is 3. The monoisotopic (exact) mass is 415 g/mol. The minimum atomic E-state index is -0.351. The van der Waals surface area contributed by atoms with E-state index in [9.17, 15) is 4.39 Å². The molecule has 3 aromatic carbocycles. The predicted molar refractivity (Wildman–Crippen MR) is 104 cm³/mol. The molecule has 0 aromatic heterocycles. The van der Waals surface area contributed by atoms with Crippen molar-refractivity contribution in [3.63, 3.8) is 0 Å². The Bertz CT molecular complexity index is 840. The summed E-state index contributed by atoms with van der Waals surface area (Å²) in [5.74, 6) is 1.07. The van der Waals surface area contributed by atoms with Crippen molar-refractivity contribution in [2.45, 2.75) is 12.6 Å². The van der Waals surface area contributed by atoms with E-state index in [1.54, 1.807) is 12.1 Å². The van der Waals surface area contributed by atoms with Gasteiger partial charge in [-0.2, -0.15) is 0 Å². The van der Waals surface area contributed by atoms with Gasteiger partial charge in [0.05, 0.1) is 10.5 Å². The van der Waals surface area contributed by atoms with Crippen LogP contribution in [0.2, 0.25) is 0 Å². The van der Waals surface area contributed by atoms with Crippen molar-refractivity contribution in [3.05, 3.63) is 94.2 Å². The summed E-state index contributed by atoms with van der Waals surface area (Å²) in [5, 5.41) is 0. The largest absolute Gasteiger partial charge is 0.490 e.